The van der Waals surface area contributed by atoms with E-state index in [9.17, 15) is 9.59 Å². The maximum atomic E-state index is 12.5. The lowest BCUT2D eigenvalue weighted by molar-refractivity contribution is -0.123. The van der Waals surface area contributed by atoms with Gasteiger partial charge in [0.05, 0.1) is 5.92 Å². The van der Waals surface area contributed by atoms with E-state index in [1.807, 2.05) is 30.3 Å². The summed E-state index contributed by atoms with van der Waals surface area (Å²) in [7, 11) is 0. The average Bonchev–Trinajstić information content (AvgIpc) is 2.90. The topological polar surface area (TPSA) is 79.2 Å². The Morgan fingerprint density at radius 1 is 1.30 bits per heavy atom. The Morgan fingerprint density at radius 2 is 2.10 bits per heavy atom. The molecule has 1 aromatic heterocycles. The molecule has 0 saturated carbocycles. The summed E-state index contributed by atoms with van der Waals surface area (Å²) in [6.45, 7) is 1.10. The molecule has 1 aliphatic rings. The van der Waals surface area contributed by atoms with E-state index in [0.29, 0.717) is 18.8 Å². The fourth-order valence-electron chi connectivity index (χ4n) is 2.75. The molecule has 1 unspecified atom stereocenters. The first-order chi connectivity index (χ1) is 9.65. The Morgan fingerprint density at radius 3 is 2.85 bits per heavy atom. The van der Waals surface area contributed by atoms with Gasteiger partial charge < -0.3 is 15.6 Å². The zero-order chi connectivity index (χ0) is 14.1. The van der Waals surface area contributed by atoms with Gasteiger partial charge in [0.25, 0.3) is 5.91 Å². The number of piperidine rings is 1. The summed E-state index contributed by atoms with van der Waals surface area (Å²) in [6.07, 6.45) is 1.59. The number of nitrogens with one attached hydrogen (secondary N) is 1. The highest BCUT2D eigenvalue weighted by molar-refractivity contribution is 5.98. The molecule has 5 nitrogen and oxygen atoms in total. The second-order valence-electron chi connectivity index (χ2n) is 5.26. The Kier molecular flexibility index (Phi) is 3.18. The minimum absolute atomic E-state index is 0.0628. The summed E-state index contributed by atoms with van der Waals surface area (Å²) in [6, 6.07) is 9.62. The first kappa shape index (κ1) is 12.7. The summed E-state index contributed by atoms with van der Waals surface area (Å²) >= 11 is 0. The highest BCUT2D eigenvalue weighted by Gasteiger charge is 2.28. The fourth-order valence-corrected chi connectivity index (χ4v) is 2.75. The molecule has 1 saturated heterocycles. The number of hydrogen-bond donors (Lipinski definition) is 2. The first-order valence-electron chi connectivity index (χ1n) is 6.81. The third kappa shape index (κ3) is 2.27. The van der Waals surface area contributed by atoms with Crippen molar-refractivity contribution in [2.75, 3.05) is 13.1 Å². The number of likely N-dealkylation sites (tertiary alicyclic amines) is 1. The van der Waals surface area contributed by atoms with Crippen LogP contribution in [0.1, 0.15) is 23.3 Å². The summed E-state index contributed by atoms with van der Waals surface area (Å²) in [5.74, 6) is -0.608. The summed E-state index contributed by atoms with van der Waals surface area (Å²) in [4.78, 5) is 28.6. The molecule has 1 aliphatic heterocycles. The molecule has 2 heterocycles. The number of amides is 2. The van der Waals surface area contributed by atoms with Crippen LogP contribution in [0, 0.1) is 5.92 Å². The van der Waals surface area contributed by atoms with Crippen LogP contribution in [0.4, 0.5) is 0 Å². The molecular formula is C15H17N3O2. The van der Waals surface area contributed by atoms with Crippen LogP contribution < -0.4 is 5.73 Å². The number of nitrogens with two attached hydrogens (primary N) is 1. The largest absolute Gasteiger partial charge is 0.369 e. The Bertz CT molecular complexity index is 629. The minimum atomic E-state index is -0.320. The van der Waals surface area contributed by atoms with Gasteiger partial charge in [-0.3, -0.25) is 9.59 Å². The van der Waals surface area contributed by atoms with Crippen LogP contribution in [0.15, 0.2) is 30.3 Å². The molecule has 0 spiro atoms. The maximum Gasteiger partial charge on any atom is 0.270 e. The van der Waals surface area contributed by atoms with E-state index < -0.39 is 0 Å². The number of nitrogens with zero attached hydrogens (tertiary/aromatic N) is 1. The molecule has 1 atom stereocenters. The summed E-state index contributed by atoms with van der Waals surface area (Å²) < 4.78 is 0. The molecule has 0 radical (unpaired) electrons. The van der Waals surface area contributed by atoms with E-state index in [1.165, 1.54) is 0 Å². The molecule has 2 amide bonds. The molecule has 1 aromatic carbocycles. The van der Waals surface area contributed by atoms with Crippen molar-refractivity contribution in [3.63, 3.8) is 0 Å². The van der Waals surface area contributed by atoms with E-state index in [1.54, 1.807) is 4.90 Å². The monoisotopic (exact) mass is 271 g/mol. The van der Waals surface area contributed by atoms with Gasteiger partial charge in [0, 0.05) is 24.0 Å². The number of H-pyrrole nitrogens is 1. The van der Waals surface area contributed by atoms with Crippen molar-refractivity contribution < 1.29 is 9.59 Å². The van der Waals surface area contributed by atoms with E-state index >= 15 is 0 Å². The van der Waals surface area contributed by atoms with Gasteiger partial charge in [0.1, 0.15) is 5.69 Å². The quantitative estimate of drug-likeness (QED) is 0.868. The van der Waals surface area contributed by atoms with Crippen LogP contribution >= 0.6 is 0 Å². The maximum absolute atomic E-state index is 12.5. The third-order valence-corrected chi connectivity index (χ3v) is 3.87. The lowest BCUT2D eigenvalue weighted by Crippen LogP contribution is -2.44. The molecule has 20 heavy (non-hydrogen) atoms. The molecule has 3 rings (SSSR count). The Labute approximate surface area is 116 Å². The molecule has 1 fully saturated rings. The van der Waals surface area contributed by atoms with E-state index in [-0.39, 0.29) is 17.7 Å². The van der Waals surface area contributed by atoms with Crippen LogP contribution in [-0.4, -0.2) is 34.8 Å². The predicted octanol–water partition coefficient (Wildman–Crippen LogP) is 1.51. The number of carbonyl (C=O) groups is 2. The summed E-state index contributed by atoms with van der Waals surface area (Å²) in [5, 5.41) is 1.01. The average molecular weight is 271 g/mol. The van der Waals surface area contributed by atoms with Gasteiger partial charge in [-0.2, -0.15) is 0 Å². The number of para-hydroxylation sites is 1. The van der Waals surface area contributed by atoms with Crippen molar-refractivity contribution in [2.45, 2.75) is 12.8 Å². The molecule has 2 aromatic rings. The molecule has 0 aliphatic carbocycles. The van der Waals surface area contributed by atoms with Crippen molar-refractivity contribution in [1.82, 2.24) is 9.88 Å². The number of aromatic amines is 1. The number of fused-ring (bicyclic) bond motifs is 1. The SMILES string of the molecule is NC(=O)C1CCCN(C(=O)c2cc3ccccc3[nH]2)C1. The van der Waals surface area contributed by atoms with E-state index in [4.69, 9.17) is 5.73 Å². The second-order valence-corrected chi connectivity index (χ2v) is 5.26. The van der Waals surface area contributed by atoms with Crippen LogP contribution in [0.5, 0.6) is 0 Å². The van der Waals surface area contributed by atoms with Gasteiger partial charge in [0.2, 0.25) is 5.91 Å². The lowest BCUT2D eigenvalue weighted by Gasteiger charge is -2.30. The molecule has 104 valence electrons. The van der Waals surface area contributed by atoms with Crippen molar-refractivity contribution in [3.05, 3.63) is 36.0 Å². The van der Waals surface area contributed by atoms with Crippen molar-refractivity contribution in [3.8, 4) is 0 Å². The number of rotatable bonds is 2. The number of primary amides is 1. The highest BCUT2D eigenvalue weighted by Crippen LogP contribution is 2.20. The van der Waals surface area contributed by atoms with Gasteiger partial charge in [0.15, 0.2) is 0 Å². The highest BCUT2D eigenvalue weighted by atomic mass is 16.2. The van der Waals surface area contributed by atoms with Crippen LogP contribution in [0.2, 0.25) is 0 Å². The smallest absolute Gasteiger partial charge is 0.270 e. The fraction of sp³-hybridized carbons (Fsp3) is 0.333. The van der Waals surface area contributed by atoms with Crippen LogP contribution in [0.3, 0.4) is 0 Å². The number of benzene rings is 1. The molecular weight excluding hydrogens is 254 g/mol. The van der Waals surface area contributed by atoms with E-state index in [2.05, 4.69) is 4.98 Å². The third-order valence-electron chi connectivity index (χ3n) is 3.87. The second kappa shape index (κ2) is 5.00. The van der Waals surface area contributed by atoms with Crippen LogP contribution in [-0.2, 0) is 4.79 Å². The van der Waals surface area contributed by atoms with Crippen molar-refractivity contribution >= 4 is 22.7 Å². The Hall–Kier alpha value is -2.30. The number of carbonyl (C=O) groups excluding carboxylic acids is 2. The predicted molar refractivity (Wildman–Crippen MR) is 76.1 cm³/mol. The summed E-state index contributed by atoms with van der Waals surface area (Å²) in [5.41, 5.74) is 6.85. The minimum Gasteiger partial charge on any atom is -0.369 e. The lowest BCUT2D eigenvalue weighted by atomic mass is 9.97. The number of aromatic nitrogens is 1. The van der Waals surface area contributed by atoms with Gasteiger partial charge in [-0.15, -0.1) is 0 Å². The van der Waals surface area contributed by atoms with Gasteiger partial charge >= 0.3 is 0 Å². The standard InChI is InChI=1S/C15H17N3O2/c16-14(19)11-5-3-7-18(9-11)15(20)13-8-10-4-1-2-6-12(10)17-13/h1-2,4,6,8,11,17H,3,5,7,9H2,(H2,16,19). The first-order valence-corrected chi connectivity index (χ1v) is 6.81. The normalized spacial score (nSPS) is 19.2. The zero-order valence-corrected chi connectivity index (χ0v) is 11.1. The Balaban J connectivity index is 1.82. The molecule has 0 bridgehead atoms. The number of hydrogen-bond acceptors (Lipinski definition) is 2. The van der Waals surface area contributed by atoms with Gasteiger partial charge in [-0.25, -0.2) is 0 Å². The molecule has 5 heteroatoms. The zero-order valence-electron chi connectivity index (χ0n) is 11.1. The van der Waals surface area contributed by atoms with Gasteiger partial charge in [-0.1, -0.05) is 18.2 Å². The van der Waals surface area contributed by atoms with Crippen molar-refractivity contribution in [2.24, 2.45) is 11.7 Å². The van der Waals surface area contributed by atoms with E-state index in [0.717, 1.165) is 23.7 Å². The van der Waals surface area contributed by atoms with Gasteiger partial charge in [-0.05, 0) is 25.0 Å². The molecule has 3 N–H and O–H groups in total. The van der Waals surface area contributed by atoms with Crippen LogP contribution in [0.25, 0.3) is 10.9 Å². The van der Waals surface area contributed by atoms with Crippen molar-refractivity contribution in [1.29, 1.82) is 0 Å².